The molecule has 2 aliphatic rings. The topological polar surface area (TPSA) is 216 Å². The maximum atomic E-state index is 12.8. The number of aromatic amines is 2. The maximum absolute atomic E-state index is 12.8. The van der Waals surface area contributed by atoms with E-state index in [2.05, 4.69) is 52.0 Å². The van der Waals surface area contributed by atoms with Crippen LogP contribution in [0.2, 0.25) is 0 Å². The molecule has 0 radical (unpaired) electrons. The Labute approximate surface area is 374 Å². The average molecular weight is 865 g/mol. The number of rotatable bonds is 10. The summed E-state index contributed by atoms with van der Waals surface area (Å²) >= 11 is 0. The van der Waals surface area contributed by atoms with Gasteiger partial charge < -0.3 is 29.2 Å². The van der Waals surface area contributed by atoms with Crippen LogP contribution in [-0.2, 0) is 0 Å². The van der Waals surface area contributed by atoms with Crippen molar-refractivity contribution in [2.24, 2.45) is 11.8 Å². The van der Waals surface area contributed by atoms with Crippen LogP contribution in [0.1, 0.15) is 65.5 Å². The van der Waals surface area contributed by atoms with Crippen molar-refractivity contribution in [2.75, 3.05) is 36.0 Å². The van der Waals surface area contributed by atoms with Gasteiger partial charge in [0.25, 0.3) is 11.8 Å². The van der Waals surface area contributed by atoms with Gasteiger partial charge in [-0.05, 0) is 98.5 Å². The van der Waals surface area contributed by atoms with Crippen LogP contribution in [0.15, 0.2) is 122 Å². The molecule has 0 aliphatic carbocycles. The number of piperidine rings is 2. The van der Waals surface area contributed by atoms with E-state index in [0.717, 1.165) is 60.8 Å². The van der Waals surface area contributed by atoms with E-state index < -0.39 is 0 Å². The number of ketones is 2. The summed E-state index contributed by atoms with van der Waals surface area (Å²) in [6, 6.07) is 33.4. The van der Waals surface area contributed by atoms with Gasteiger partial charge in [0, 0.05) is 62.1 Å². The molecule has 324 valence electrons. The van der Waals surface area contributed by atoms with Crippen LogP contribution in [0.25, 0.3) is 22.1 Å². The van der Waals surface area contributed by atoms with Crippen molar-refractivity contribution in [1.82, 2.24) is 39.9 Å². The summed E-state index contributed by atoms with van der Waals surface area (Å²) in [6.07, 6.45) is 10.0. The number of carbonyl (C=O) groups is 2. The summed E-state index contributed by atoms with van der Waals surface area (Å²) < 4.78 is 12.0. The van der Waals surface area contributed by atoms with Crippen molar-refractivity contribution in [2.45, 2.75) is 33.1 Å². The molecule has 2 fully saturated rings. The van der Waals surface area contributed by atoms with E-state index in [-0.39, 0.29) is 30.8 Å². The van der Waals surface area contributed by atoms with E-state index in [0.29, 0.717) is 70.8 Å². The molecule has 0 spiro atoms. The summed E-state index contributed by atoms with van der Waals surface area (Å²) in [5, 5.41) is 18.6. The first-order valence-electron chi connectivity index (χ1n) is 20.9. The SMILES string of the molecule is C.N#C[C@@H]1CCCN(c2nccnc2Oc2ccc(C(=O)c3nc4ccccc4[nH]3)cc2)C1.N#C[C@H]1CCCN(c2nccnc2Oc2ccc(C(=O)c3nc4ccccc4[nH]3)cc2)C1. The van der Waals surface area contributed by atoms with Crippen molar-refractivity contribution >= 4 is 45.3 Å². The van der Waals surface area contributed by atoms with Crippen LogP contribution in [0.4, 0.5) is 11.6 Å². The second-order valence-corrected chi connectivity index (χ2v) is 15.3. The average Bonchev–Trinajstić information content (AvgIpc) is 4.00. The van der Waals surface area contributed by atoms with E-state index in [1.807, 2.05) is 58.3 Å². The Balaban J connectivity index is 0.000000175. The number of nitriles is 2. The van der Waals surface area contributed by atoms with Gasteiger partial charge in [0.1, 0.15) is 11.5 Å². The van der Waals surface area contributed by atoms with Crippen molar-refractivity contribution in [3.63, 3.8) is 0 Å². The van der Waals surface area contributed by atoms with E-state index in [9.17, 15) is 20.1 Å². The molecule has 0 unspecified atom stereocenters. The number of aromatic nitrogens is 8. The third-order valence-corrected chi connectivity index (χ3v) is 11.0. The van der Waals surface area contributed by atoms with Gasteiger partial charge >= 0.3 is 0 Å². The van der Waals surface area contributed by atoms with Gasteiger partial charge in [-0.15, -0.1) is 0 Å². The number of para-hydroxylation sites is 4. The third kappa shape index (κ3) is 9.77. The van der Waals surface area contributed by atoms with Gasteiger partial charge in [-0.2, -0.15) is 10.5 Å². The van der Waals surface area contributed by atoms with Crippen molar-refractivity contribution in [3.05, 3.63) is 145 Å². The minimum Gasteiger partial charge on any atom is -0.436 e. The Morgan fingerprint density at radius 2 is 0.969 bits per heavy atom. The molecule has 2 saturated heterocycles. The molecular formula is C49H44N12O4. The van der Waals surface area contributed by atoms with E-state index in [1.165, 1.54) is 0 Å². The van der Waals surface area contributed by atoms with Crippen LogP contribution in [0.3, 0.4) is 0 Å². The minimum atomic E-state index is -0.191. The van der Waals surface area contributed by atoms with E-state index in [1.54, 1.807) is 73.3 Å². The molecule has 2 aliphatic heterocycles. The van der Waals surface area contributed by atoms with Crippen LogP contribution >= 0.6 is 0 Å². The zero-order valence-corrected chi connectivity index (χ0v) is 34.5. The van der Waals surface area contributed by atoms with E-state index >= 15 is 0 Å². The Hall–Kier alpha value is -8.50. The molecule has 0 amide bonds. The number of ether oxygens (including phenoxy) is 2. The minimum absolute atomic E-state index is 0. The molecule has 16 heteroatoms. The lowest BCUT2D eigenvalue weighted by atomic mass is 10.00. The highest BCUT2D eigenvalue weighted by molar-refractivity contribution is 6.08. The number of carbonyl (C=O) groups excluding carboxylic acids is 2. The molecule has 0 bridgehead atoms. The third-order valence-electron chi connectivity index (χ3n) is 11.0. The molecule has 0 saturated carbocycles. The number of imidazole rings is 2. The quantitative estimate of drug-likeness (QED) is 0.123. The van der Waals surface area contributed by atoms with Gasteiger partial charge in [-0.3, -0.25) is 9.59 Å². The molecule has 10 rings (SSSR count). The number of fused-ring (bicyclic) bond motifs is 2. The first kappa shape index (κ1) is 43.2. The first-order chi connectivity index (χ1) is 31.4. The standard InChI is InChI=1S/2C24H20N6O2.CH4/c2*25-14-16-4-3-13-30(15-16)23-24(27-12-11-26-23)32-18-9-7-17(8-10-18)21(31)22-28-19-5-1-2-6-20(19)29-22;/h2*1-2,5-12,16H,3-4,13,15H2,(H,28,29);1H4/t2*16-;/m10./s1. The maximum Gasteiger partial charge on any atom is 0.263 e. The predicted octanol–water partition coefficient (Wildman–Crippen LogP) is 8.87. The zero-order chi connectivity index (χ0) is 43.8. The summed E-state index contributed by atoms with van der Waals surface area (Å²) in [6.45, 7) is 2.82. The summed E-state index contributed by atoms with van der Waals surface area (Å²) in [4.78, 5) is 62.1. The highest BCUT2D eigenvalue weighted by Gasteiger charge is 2.26. The Morgan fingerprint density at radius 1 is 0.569 bits per heavy atom. The lowest BCUT2D eigenvalue weighted by Crippen LogP contribution is -2.35. The van der Waals surface area contributed by atoms with Crippen molar-refractivity contribution in [3.8, 4) is 35.4 Å². The molecule has 4 aromatic heterocycles. The fourth-order valence-corrected chi connectivity index (χ4v) is 7.73. The van der Waals surface area contributed by atoms with Crippen LogP contribution in [0, 0.1) is 34.5 Å². The lowest BCUT2D eigenvalue weighted by molar-refractivity contribution is 0.102. The van der Waals surface area contributed by atoms with Crippen LogP contribution in [-0.4, -0.2) is 77.6 Å². The number of nitrogens with zero attached hydrogens (tertiary/aromatic N) is 10. The van der Waals surface area contributed by atoms with Crippen LogP contribution in [0.5, 0.6) is 23.3 Å². The first-order valence-corrected chi connectivity index (χ1v) is 20.9. The van der Waals surface area contributed by atoms with E-state index in [4.69, 9.17) is 9.47 Å². The smallest absolute Gasteiger partial charge is 0.263 e. The van der Waals surface area contributed by atoms with Gasteiger partial charge in [0.15, 0.2) is 23.3 Å². The molecule has 65 heavy (non-hydrogen) atoms. The van der Waals surface area contributed by atoms with Crippen molar-refractivity contribution in [1.29, 1.82) is 10.5 Å². The largest absolute Gasteiger partial charge is 0.436 e. The molecular weight excluding hydrogens is 821 g/mol. The number of hydrogen-bond donors (Lipinski definition) is 2. The van der Waals surface area contributed by atoms with Gasteiger partial charge in [-0.25, -0.2) is 29.9 Å². The number of nitrogens with one attached hydrogen (secondary N) is 2. The Kier molecular flexibility index (Phi) is 13.1. The molecule has 16 nitrogen and oxygen atoms in total. The monoisotopic (exact) mass is 864 g/mol. The second-order valence-electron chi connectivity index (χ2n) is 15.3. The number of hydrogen-bond acceptors (Lipinski definition) is 14. The fraction of sp³-hybridized carbons (Fsp3) is 0.224. The van der Waals surface area contributed by atoms with Gasteiger partial charge in [0.2, 0.25) is 11.6 Å². The number of H-pyrrole nitrogens is 2. The molecule has 6 heterocycles. The van der Waals surface area contributed by atoms with Gasteiger partial charge in [-0.1, -0.05) is 31.7 Å². The zero-order valence-electron chi connectivity index (χ0n) is 34.5. The summed E-state index contributed by atoms with van der Waals surface area (Å²) in [7, 11) is 0. The highest BCUT2D eigenvalue weighted by Crippen LogP contribution is 2.33. The lowest BCUT2D eigenvalue weighted by Gasteiger charge is -2.30. The summed E-state index contributed by atoms with van der Waals surface area (Å²) in [5.41, 5.74) is 4.15. The normalized spacial score (nSPS) is 15.7. The highest BCUT2D eigenvalue weighted by atomic mass is 16.5. The molecule has 2 N–H and O–H groups in total. The Bertz CT molecular complexity index is 2760. The fourth-order valence-electron chi connectivity index (χ4n) is 7.73. The molecule has 4 aromatic carbocycles. The number of benzene rings is 4. The predicted molar refractivity (Wildman–Crippen MR) is 244 cm³/mol. The Morgan fingerprint density at radius 3 is 1.37 bits per heavy atom. The molecule has 8 aromatic rings. The van der Waals surface area contributed by atoms with Gasteiger partial charge in [0.05, 0.1) is 46.0 Å². The summed E-state index contributed by atoms with van der Waals surface area (Å²) in [5.74, 6) is 3.25. The van der Waals surface area contributed by atoms with Crippen LogP contribution < -0.4 is 19.3 Å². The second kappa shape index (κ2) is 19.7. The number of anilines is 2. The van der Waals surface area contributed by atoms with Crippen molar-refractivity contribution < 1.29 is 19.1 Å². The molecule has 2 atom stereocenters.